The smallest absolute Gasteiger partial charge is 0.297 e. The third-order valence-corrected chi connectivity index (χ3v) is 6.68. The summed E-state index contributed by atoms with van der Waals surface area (Å²) in [4.78, 5) is 0.0726. The summed E-state index contributed by atoms with van der Waals surface area (Å²) >= 11 is 0. The van der Waals surface area contributed by atoms with Gasteiger partial charge >= 0.3 is 0 Å². The van der Waals surface area contributed by atoms with E-state index in [1.54, 1.807) is 12.1 Å². The first-order valence-corrected chi connectivity index (χ1v) is 11.5. The van der Waals surface area contributed by atoms with E-state index in [9.17, 15) is 13.5 Å². The highest BCUT2D eigenvalue weighted by Gasteiger charge is 2.27. The minimum Gasteiger partial charge on any atom is -0.388 e. The second kappa shape index (κ2) is 8.67. The molecular weight excluding hydrogens is 410 g/mol. The van der Waals surface area contributed by atoms with Crippen LogP contribution >= 0.6 is 0 Å². The first kappa shape index (κ1) is 21.3. The van der Waals surface area contributed by atoms with Crippen LogP contribution in [0.5, 0.6) is 0 Å². The largest absolute Gasteiger partial charge is 0.388 e. The van der Waals surface area contributed by atoms with Gasteiger partial charge in [0.15, 0.2) is 0 Å². The van der Waals surface area contributed by atoms with Crippen molar-refractivity contribution >= 4 is 21.0 Å². The van der Waals surface area contributed by atoms with Crippen LogP contribution in [0.25, 0.3) is 10.9 Å². The molecule has 0 aliphatic rings. The summed E-state index contributed by atoms with van der Waals surface area (Å²) in [6, 6.07) is 23.6. The van der Waals surface area contributed by atoms with E-state index in [4.69, 9.17) is 4.18 Å². The number of hydrogen-bond donors (Lipinski definition) is 1. The molecule has 0 unspecified atom stereocenters. The summed E-state index contributed by atoms with van der Waals surface area (Å²) in [7, 11) is -3.97. The number of rotatable bonds is 7. The van der Waals surface area contributed by atoms with E-state index < -0.39 is 22.3 Å². The summed E-state index contributed by atoms with van der Waals surface area (Å²) in [5.74, 6) is 0. The van der Waals surface area contributed by atoms with E-state index in [0.29, 0.717) is 0 Å². The molecule has 160 valence electrons. The van der Waals surface area contributed by atoms with Gasteiger partial charge in [-0.15, -0.1) is 0 Å². The Morgan fingerprint density at radius 3 is 2.29 bits per heavy atom. The van der Waals surface area contributed by atoms with Crippen molar-refractivity contribution in [3.05, 3.63) is 102 Å². The molecule has 5 nitrogen and oxygen atoms in total. The van der Waals surface area contributed by atoms with Gasteiger partial charge in [-0.2, -0.15) is 8.42 Å². The normalized spacial score (nSPS) is 13.9. The number of aliphatic hydroxyl groups is 1. The molecule has 6 heteroatoms. The molecule has 0 spiro atoms. The molecular formula is C25H25NO4S. The van der Waals surface area contributed by atoms with Gasteiger partial charge in [0.2, 0.25) is 0 Å². The fourth-order valence-electron chi connectivity index (χ4n) is 3.77. The van der Waals surface area contributed by atoms with Crippen LogP contribution < -0.4 is 0 Å². The molecule has 0 aliphatic carbocycles. The molecule has 4 rings (SSSR count). The van der Waals surface area contributed by atoms with E-state index in [1.165, 1.54) is 12.1 Å². The van der Waals surface area contributed by atoms with Crippen LogP contribution in [0.1, 0.15) is 22.7 Å². The van der Waals surface area contributed by atoms with Crippen LogP contribution in [0.15, 0.2) is 90.0 Å². The molecule has 3 aromatic carbocycles. The number of nitrogens with zero attached hydrogens (tertiary/aromatic N) is 1. The number of aliphatic hydroxyl groups excluding tert-OH is 1. The highest BCUT2D eigenvalue weighted by molar-refractivity contribution is 7.86. The third kappa shape index (κ3) is 4.56. The van der Waals surface area contributed by atoms with Crippen LogP contribution in [0.2, 0.25) is 0 Å². The summed E-state index contributed by atoms with van der Waals surface area (Å²) in [6.07, 6.45) is 0.832. The Bertz CT molecular complexity index is 1280. The Kier molecular flexibility index (Phi) is 5.96. The van der Waals surface area contributed by atoms with Crippen LogP contribution in [0.4, 0.5) is 0 Å². The average Bonchev–Trinajstić information content (AvgIpc) is 3.16. The van der Waals surface area contributed by atoms with Gasteiger partial charge in [-0.25, -0.2) is 0 Å². The second-order valence-corrected chi connectivity index (χ2v) is 9.38. The molecule has 4 aromatic rings. The molecule has 0 saturated heterocycles. The predicted octanol–water partition coefficient (Wildman–Crippen LogP) is 4.61. The number of fused-ring (bicyclic) bond motifs is 1. The Balaban J connectivity index is 1.65. The molecule has 0 bridgehead atoms. The SMILES string of the molecule is Cc1ccc(S(=O)(=O)OC[C@@H](O)[C@H](c2ccccc2)n2ccc3cc(C)ccc32)cc1. The molecule has 0 fully saturated rings. The van der Waals surface area contributed by atoms with Crippen molar-refractivity contribution in [2.75, 3.05) is 6.61 Å². The van der Waals surface area contributed by atoms with Gasteiger partial charge in [-0.05, 0) is 55.1 Å². The second-order valence-electron chi connectivity index (χ2n) is 7.76. The van der Waals surface area contributed by atoms with Gasteiger partial charge in [0.25, 0.3) is 10.1 Å². The number of aryl methyl sites for hydroxylation is 2. The van der Waals surface area contributed by atoms with Crippen LogP contribution in [0.3, 0.4) is 0 Å². The van der Waals surface area contributed by atoms with E-state index in [-0.39, 0.29) is 11.5 Å². The Morgan fingerprint density at radius 1 is 0.903 bits per heavy atom. The zero-order chi connectivity index (χ0) is 22.0. The molecule has 31 heavy (non-hydrogen) atoms. The number of aromatic nitrogens is 1. The van der Waals surface area contributed by atoms with Crippen molar-refractivity contribution in [2.45, 2.75) is 30.9 Å². The lowest BCUT2D eigenvalue weighted by Crippen LogP contribution is -2.30. The van der Waals surface area contributed by atoms with E-state index in [0.717, 1.165) is 27.6 Å². The van der Waals surface area contributed by atoms with Gasteiger partial charge < -0.3 is 9.67 Å². The van der Waals surface area contributed by atoms with Crippen molar-refractivity contribution in [1.82, 2.24) is 4.57 Å². The maximum Gasteiger partial charge on any atom is 0.297 e. The first-order chi connectivity index (χ1) is 14.8. The minimum atomic E-state index is -3.97. The molecule has 1 aromatic heterocycles. The van der Waals surface area contributed by atoms with Crippen molar-refractivity contribution in [1.29, 1.82) is 0 Å². The minimum absolute atomic E-state index is 0.0726. The fourth-order valence-corrected chi connectivity index (χ4v) is 4.69. The quantitative estimate of drug-likeness (QED) is 0.430. The fraction of sp³-hybridized carbons (Fsp3) is 0.200. The van der Waals surface area contributed by atoms with E-state index >= 15 is 0 Å². The maximum atomic E-state index is 12.6. The van der Waals surface area contributed by atoms with Crippen molar-refractivity contribution in [2.24, 2.45) is 0 Å². The standard InChI is InChI=1S/C25H25NO4S/c1-18-8-11-22(12-9-18)31(28,29)30-17-24(27)25(20-6-4-3-5-7-20)26-15-14-21-16-19(2)10-13-23(21)26/h3-16,24-25,27H,17H2,1-2H3/t24-,25+/m1/s1. The van der Waals surface area contributed by atoms with Crippen LogP contribution in [0, 0.1) is 13.8 Å². The zero-order valence-electron chi connectivity index (χ0n) is 17.5. The number of benzene rings is 3. The lowest BCUT2D eigenvalue weighted by molar-refractivity contribution is 0.0785. The third-order valence-electron chi connectivity index (χ3n) is 5.38. The lowest BCUT2D eigenvalue weighted by Gasteiger charge is -2.26. The van der Waals surface area contributed by atoms with E-state index in [2.05, 4.69) is 6.07 Å². The first-order valence-electron chi connectivity index (χ1n) is 10.1. The zero-order valence-corrected chi connectivity index (χ0v) is 18.3. The highest BCUT2D eigenvalue weighted by atomic mass is 32.2. The Labute approximate surface area is 182 Å². The summed E-state index contributed by atoms with van der Waals surface area (Å²) in [5, 5.41) is 12.1. The average molecular weight is 436 g/mol. The van der Waals surface area contributed by atoms with Crippen molar-refractivity contribution < 1.29 is 17.7 Å². The van der Waals surface area contributed by atoms with Crippen LogP contribution in [-0.4, -0.2) is 30.8 Å². The molecule has 0 aliphatic heterocycles. The Hall–Kier alpha value is -2.93. The van der Waals surface area contributed by atoms with Gasteiger partial charge in [0.1, 0.15) is 6.10 Å². The topological polar surface area (TPSA) is 68.5 Å². The van der Waals surface area contributed by atoms with Gasteiger partial charge in [0, 0.05) is 11.7 Å². The molecule has 0 amide bonds. The molecule has 1 N–H and O–H groups in total. The van der Waals surface area contributed by atoms with Gasteiger partial charge in [-0.3, -0.25) is 4.18 Å². The monoisotopic (exact) mass is 435 g/mol. The lowest BCUT2D eigenvalue weighted by atomic mass is 10.0. The summed E-state index contributed by atoms with van der Waals surface area (Å²) < 4.78 is 32.4. The molecule has 1 heterocycles. The molecule has 2 atom stereocenters. The maximum absolute atomic E-state index is 12.6. The highest BCUT2D eigenvalue weighted by Crippen LogP contribution is 2.29. The number of hydrogen-bond acceptors (Lipinski definition) is 4. The molecule has 0 saturated carbocycles. The van der Waals surface area contributed by atoms with Crippen molar-refractivity contribution in [3.8, 4) is 0 Å². The summed E-state index contributed by atoms with van der Waals surface area (Å²) in [5.41, 5.74) is 3.93. The van der Waals surface area contributed by atoms with Crippen molar-refractivity contribution in [3.63, 3.8) is 0 Å². The summed E-state index contributed by atoms with van der Waals surface area (Å²) in [6.45, 7) is 3.56. The van der Waals surface area contributed by atoms with Gasteiger partial charge in [-0.1, -0.05) is 59.7 Å². The van der Waals surface area contributed by atoms with Crippen LogP contribution in [-0.2, 0) is 14.3 Å². The molecule has 0 radical (unpaired) electrons. The predicted molar refractivity (Wildman–Crippen MR) is 122 cm³/mol. The van der Waals surface area contributed by atoms with Gasteiger partial charge in [0.05, 0.1) is 17.5 Å². The van der Waals surface area contributed by atoms with E-state index in [1.807, 2.05) is 73.1 Å². The Morgan fingerprint density at radius 2 is 1.58 bits per heavy atom.